The maximum absolute atomic E-state index is 14.2. The molecule has 0 bridgehead atoms. The lowest BCUT2D eigenvalue weighted by Crippen LogP contribution is -2.47. The van der Waals surface area contributed by atoms with Crippen LogP contribution in [0.5, 0.6) is 0 Å². The Morgan fingerprint density at radius 3 is 2.83 bits per heavy atom. The highest BCUT2D eigenvalue weighted by molar-refractivity contribution is 5.60. The quantitative estimate of drug-likeness (QED) is 0.872. The molecule has 5 nitrogen and oxygen atoms in total. The molecule has 0 amide bonds. The zero-order valence-corrected chi connectivity index (χ0v) is 13.0. The molecule has 1 atom stereocenters. The van der Waals surface area contributed by atoms with Gasteiger partial charge in [-0.25, -0.2) is 14.4 Å². The van der Waals surface area contributed by atoms with Crippen LogP contribution in [0.3, 0.4) is 0 Å². The Morgan fingerprint density at radius 2 is 2.09 bits per heavy atom. The normalized spacial score (nSPS) is 17.6. The summed E-state index contributed by atoms with van der Waals surface area (Å²) in [5.74, 6) is 0.316. The van der Waals surface area contributed by atoms with Crippen LogP contribution in [0.15, 0.2) is 36.7 Å². The van der Waals surface area contributed by atoms with E-state index in [0.29, 0.717) is 23.7 Å². The van der Waals surface area contributed by atoms with Gasteiger partial charge in [0.05, 0.1) is 11.3 Å². The molecule has 1 aliphatic rings. The first-order valence-corrected chi connectivity index (χ1v) is 7.64. The van der Waals surface area contributed by atoms with Crippen LogP contribution in [-0.4, -0.2) is 36.1 Å². The summed E-state index contributed by atoms with van der Waals surface area (Å²) in [4.78, 5) is 12.5. The second kappa shape index (κ2) is 6.61. The number of nitriles is 1. The van der Waals surface area contributed by atoms with Crippen molar-refractivity contribution >= 4 is 11.6 Å². The minimum Gasteiger partial charge on any atom is -0.366 e. The van der Waals surface area contributed by atoms with Gasteiger partial charge in [-0.3, -0.25) is 0 Å². The Balaban J connectivity index is 1.83. The smallest absolute Gasteiger partial charge is 0.225 e. The van der Waals surface area contributed by atoms with Crippen LogP contribution in [0.2, 0.25) is 0 Å². The molecular weight excluding hydrogens is 293 g/mol. The molecule has 0 saturated carbocycles. The van der Waals surface area contributed by atoms with E-state index in [9.17, 15) is 9.65 Å². The molecule has 6 heteroatoms. The van der Waals surface area contributed by atoms with Crippen molar-refractivity contribution in [3.63, 3.8) is 0 Å². The van der Waals surface area contributed by atoms with Crippen molar-refractivity contribution in [3.05, 3.63) is 48.0 Å². The number of halogens is 1. The van der Waals surface area contributed by atoms with E-state index in [1.165, 1.54) is 6.07 Å². The molecule has 23 heavy (non-hydrogen) atoms. The number of benzene rings is 1. The molecule has 1 saturated heterocycles. The molecule has 3 rings (SSSR count). The molecule has 2 aromatic rings. The first-order chi connectivity index (χ1) is 11.2. The third-order valence-electron chi connectivity index (χ3n) is 4.24. The summed E-state index contributed by atoms with van der Waals surface area (Å²) in [5, 5.41) is 9.25. The Bertz CT molecular complexity index is 713. The van der Waals surface area contributed by atoms with Crippen LogP contribution in [-0.2, 0) is 0 Å². The second-order valence-electron chi connectivity index (χ2n) is 5.65. The third-order valence-corrected chi connectivity index (χ3v) is 4.24. The van der Waals surface area contributed by atoms with Crippen LogP contribution in [0.4, 0.5) is 16.0 Å². The summed E-state index contributed by atoms with van der Waals surface area (Å²) in [6.07, 6.45) is 5.34. The Kier molecular flexibility index (Phi) is 4.38. The van der Waals surface area contributed by atoms with Gasteiger partial charge in [0.25, 0.3) is 0 Å². The average molecular weight is 311 g/mol. The van der Waals surface area contributed by atoms with Gasteiger partial charge in [0.2, 0.25) is 5.95 Å². The topological polar surface area (TPSA) is 56.1 Å². The molecule has 0 radical (unpaired) electrons. The van der Waals surface area contributed by atoms with Crippen LogP contribution >= 0.6 is 0 Å². The first-order valence-electron chi connectivity index (χ1n) is 7.64. The molecular formula is C17H18FN5. The van der Waals surface area contributed by atoms with Crippen LogP contribution in [0.25, 0.3) is 0 Å². The van der Waals surface area contributed by atoms with Crippen LogP contribution in [0, 0.1) is 17.1 Å². The summed E-state index contributed by atoms with van der Waals surface area (Å²) in [6.45, 7) is 1.39. The number of aromatic nitrogens is 2. The average Bonchev–Trinajstić information content (AvgIpc) is 2.61. The lowest BCUT2D eigenvalue weighted by molar-refractivity contribution is 0.477. The number of likely N-dealkylation sites (N-methyl/N-ethyl adjacent to an activating group) is 1. The molecule has 0 spiro atoms. The molecule has 0 aliphatic carbocycles. The van der Waals surface area contributed by atoms with E-state index in [2.05, 4.69) is 16.0 Å². The molecule has 2 heterocycles. The zero-order valence-electron chi connectivity index (χ0n) is 13.0. The SMILES string of the molecule is CN(c1ncccn1)C1CCCN(c2c(F)cccc2C#N)C1. The van der Waals surface area contributed by atoms with Gasteiger partial charge in [-0.1, -0.05) is 6.07 Å². The van der Waals surface area contributed by atoms with E-state index in [1.54, 1.807) is 30.6 Å². The van der Waals surface area contributed by atoms with Gasteiger partial charge < -0.3 is 9.80 Å². The fraction of sp³-hybridized carbons (Fsp3) is 0.353. The first kappa shape index (κ1) is 15.2. The van der Waals surface area contributed by atoms with Gasteiger partial charge in [-0.15, -0.1) is 0 Å². The predicted octanol–water partition coefficient (Wildman–Crippen LogP) is 2.59. The summed E-state index contributed by atoms with van der Waals surface area (Å²) < 4.78 is 14.2. The van der Waals surface area contributed by atoms with E-state index in [1.807, 2.05) is 16.8 Å². The zero-order chi connectivity index (χ0) is 16.2. The highest BCUT2D eigenvalue weighted by Crippen LogP contribution is 2.28. The lowest BCUT2D eigenvalue weighted by atomic mass is 10.0. The maximum Gasteiger partial charge on any atom is 0.225 e. The number of nitrogens with zero attached hydrogens (tertiary/aromatic N) is 5. The van der Waals surface area contributed by atoms with Crippen LogP contribution < -0.4 is 9.80 Å². The molecule has 1 aromatic heterocycles. The maximum atomic E-state index is 14.2. The third kappa shape index (κ3) is 3.09. The number of para-hydroxylation sites is 1. The van der Waals surface area contributed by atoms with E-state index in [-0.39, 0.29) is 11.9 Å². The van der Waals surface area contributed by atoms with Gasteiger partial charge in [-0.2, -0.15) is 5.26 Å². The molecule has 0 N–H and O–H groups in total. The fourth-order valence-corrected chi connectivity index (χ4v) is 3.04. The minimum atomic E-state index is -0.344. The largest absolute Gasteiger partial charge is 0.366 e. The highest BCUT2D eigenvalue weighted by Gasteiger charge is 2.27. The summed E-state index contributed by atoms with van der Waals surface area (Å²) >= 11 is 0. The van der Waals surface area contributed by atoms with Gasteiger partial charge in [0.1, 0.15) is 11.9 Å². The number of rotatable bonds is 3. The summed E-state index contributed by atoms with van der Waals surface area (Å²) in [6, 6.07) is 8.69. The Hall–Kier alpha value is -2.68. The fourth-order valence-electron chi connectivity index (χ4n) is 3.04. The van der Waals surface area contributed by atoms with E-state index in [0.717, 1.165) is 19.4 Å². The number of anilines is 2. The molecule has 1 aromatic carbocycles. The lowest BCUT2D eigenvalue weighted by Gasteiger charge is -2.39. The predicted molar refractivity (Wildman–Crippen MR) is 86.8 cm³/mol. The van der Waals surface area contributed by atoms with E-state index >= 15 is 0 Å². The minimum absolute atomic E-state index is 0.178. The number of piperidine rings is 1. The van der Waals surface area contributed by atoms with Crippen molar-refractivity contribution in [1.82, 2.24) is 9.97 Å². The van der Waals surface area contributed by atoms with E-state index < -0.39 is 0 Å². The molecule has 1 unspecified atom stereocenters. The van der Waals surface area contributed by atoms with Gasteiger partial charge in [-0.05, 0) is 31.0 Å². The van der Waals surface area contributed by atoms with Crippen molar-refractivity contribution in [2.24, 2.45) is 0 Å². The van der Waals surface area contributed by atoms with Crippen molar-refractivity contribution in [2.45, 2.75) is 18.9 Å². The van der Waals surface area contributed by atoms with Gasteiger partial charge in [0.15, 0.2) is 0 Å². The number of hydrogen-bond acceptors (Lipinski definition) is 5. The second-order valence-corrected chi connectivity index (χ2v) is 5.65. The monoisotopic (exact) mass is 311 g/mol. The molecule has 1 fully saturated rings. The van der Waals surface area contributed by atoms with Gasteiger partial charge in [0, 0.05) is 38.6 Å². The van der Waals surface area contributed by atoms with Crippen molar-refractivity contribution in [3.8, 4) is 6.07 Å². The molecule has 118 valence electrons. The summed E-state index contributed by atoms with van der Waals surface area (Å²) in [5.41, 5.74) is 0.784. The summed E-state index contributed by atoms with van der Waals surface area (Å²) in [7, 11) is 1.95. The standard InChI is InChI=1S/C17H18FN5/c1-22(17-20-8-4-9-21-17)14-6-3-10-23(12-14)16-13(11-19)5-2-7-15(16)18/h2,4-5,7-9,14H,3,6,10,12H2,1H3. The van der Waals surface area contributed by atoms with Gasteiger partial charge >= 0.3 is 0 Å². The highest BCUT2D eigenvalue weighted by atomic mass is 19.1. The van der Waals surface area contributed by atoms with Crippen molar-refractivity contribution in [1.29, 1.82) is 5.26 Å². The number of hydrogen-bond donors (Lipinski definition) is 0. The van der Waals surface area contributed by atoms with Crippen LogP contribution in [0.1, 0.15) is 18.4 Å². The molecule has 1 aliphatic heterocycles. The Labute approximate surface area is 135 Å². The van der Waals surface area contributed by atoms with Crippen molar-refractivity contribution in [2.75, 3.05) is 29.9 Å². The Morgan fingerprint density at radius 1 is 1.30 bits per heavy atom. The van der Waals surface area contributed by atoms with E-state index in [4.69, 9.17) is 0 Å². The van der Waals surface area contributed by atoms with Crippen molar-refractivity contribution < 1.29 is 4.39 Å².